The first-order chi connectivity index (χ1) is 17.3. The Kier molecular flexibility index (Phi) is 6.71. The van der Waals surface area contributed by atoms with Gasteiger partial charge in [-0.2, -0.15) is 4.39 Å². The second-order valence-electron chi connectivity index (χ2n) is 9.63. The van der Waals surface area contributed by atoms with Gasteiger partial charge in [-0.3, -0.25) is 9.69 Å². The number of halogens is 3. The predicted molar refractivity (Wildman–Crippen MR) is 134 cm³/mol. The molecule has 1 amide bonds. The van der Waals surface area contributed by atoms with E-state index in [4.69, 9.17) is 5.73 Å². The van der Waals surface area contributed by atoms with Gasteiger partial charge in [0.05, 0.1) is 0 Å². The highest BCUT2D eigenvalue weighted by molar-refractivity contribution is 5.97. The first-order valence-electron chi connectivity index (χ1n) is 12.3. The first-order valence-corrected chi connectivity index (χ1v) is 12.3. The van der Waals surface area contributed by atoms with Crippen molar-refractivity contribution in [2.24, 2.45) is 0 Å². The molecule has 36 heavy (non-hydrogen) atoms. The number of aromatic nitrogens is 1. The molecule has 0 spiro atoms. The molecule has 3 N–H and O–H groups in total. The monoisotopic (exact) mass is 494 g/mol. The number of nitrogens with one attached hydrogen (secondary N) is 1. The molecule has 0 saturated carbocycles. The van der Waals surface area contributed by atoms with E-state index in [0.717, 1.165) is 35.2 Å². The second kappa shape index (κ2) is 9.93. The molecule has 2 aromatic carbocycles. The zero-order valence-corrected chi connectivity index (χ0v) is 20.2. The minimum absolute atomic E-state index is 0.0938. The topological polar surface area (TPSA) is 71.2 Å². The van der Waals surface area contributed by atoms with Gasteiger partial charge in [-0.05, 0) is 84.3 Å². The third kappa shape index (κ3) is 4.82. The van der Waals surface area contributed by atoms with Crippen LogP contribution in [0.4, 0.5) is 19.0 Å². The molecule has 0 fully saturated rings. The number of carbonyl (C=O) groups is 1. The molecular weight excluding hydrogens is 465 g/mol. The third-order valence-electron chi connectivity index (χ3n) is 7.19. The molecule has 0 aliphatic carbocycles. The largest absolute Gasteiger partial charge is 0.383 e. The van der Waals surface area contributed by atoms with Crippen molar-refractivity contribution in [2.75, 3.05) is 25.4 Å². The van der Waals surface area contributed by atoms with E-state index in [0.29, 0.717) is 54.7 Å². The number of pyridine rings is 1. The van der Waals surface area contributed by atoms with Crippen molar-refractivity contribution >= 4 is 11.7 Å². The minimum atomic E-state index is -2.28. The number of nitrogen functional groups attached to an aromatic ring is 1. The maximum absolute atomic E-state index is 15.1. The zero-order chi connectivity index (χ0) is 25.4. The molecule has 0 atom stereocenters. The van der Waals surface area contributed by atoms with Crippen molar-refractivity contribution in [1.82, 2.24) is 15.2 Å². The summed E-state index contributed by atoms with van der Waals surface area (Å²) in [5, 5.41) is 2.83. The summed E-state index contributed by atoms with van der Waals surface area (Å²) in [7, 11) is 0. The van der Waals surface area contributed by atoms with Crippen molar-refractivity contribution in [2.45, 2.75) is 45.6 Å². The average Bonchev–Trinajstić information content (AvgIpc) is 2.83. The number of carbonyl (C=O) groups excluding carboxylic acids is 1. The molecule has 3 heterocycles. The van der Waals surface area contributed by atoms with Crippen molar-refractivity contribution in [3.63, 3.8) is 0 Å². The van der Waals surface area contributed by atoms with Crippen LogP contribution >= 0.6 is 0 Å². The molecule has 8 heteroatoms. The molecule has 0 bridgehead atoms. The summed E-state index contributed by atoms with van der Waals surface area (Å²) in [6, 6.07) is 11.2. The molecule has 5 rings (SSSR count). The second-order valence-corrected chi connectivity index (χ2v) is 9.63. The number of hydrogen-bond donors (Lipinski definition) is 2. The smallest absolute Gasteiger partial charge is 0.251 e. The number of alkyl halides is 2. The summed E-state index contributed by atoms with van der Waals surface area (Å²) in [6.07, 6.45) is -0.367. The summed E-state index contributed by atoms with van der Waals surface area (Å²) in [6.45, 7) is 4.69. The predicted octanol–water partition coefficient (Wildman–Crippen LogP) is 5.13. The SMILES string of the molecule is Cc1cc(-c2cc(-c3ccc4c(c3)CCNC4=O)c(N)nc2F)cc2c1CCN(CCCC(F)F)C2. The number of nitrogens with two attached hydrogens (primary N) is 1. The van der Waals surface area contributed by atoms with Gasteiger partial charge in [-0.25, -0.2) is 13.8 Å². The van der Waals surface area contributed by atoms with E-state index < -0.39 is 12.4 Å². The van der Waals surface area contributed by atoms with Crippen LogP contribution in [-0.4, -0.2) is 41.9 Å². The van der Waals surface area contributed by atoms with Crippen LogP contribution in [0.2, 0.25) is 0 Å². The van der Waals surface area contributed by atoms with Gasteiger partial charge in [0, 0.05) is 42.7 Å². The van der Waals surface area contributed by atoms with Gasteiger partial charge in [0.25, 0.3) is 5.91 Å². The molecule has 5 nitrogen and oxygen atoms in total. The van der Waals surface area contributed by atoms with Crippen molar-refractivity contribution < 1.29 is 18.0 Å². The quantitative estimate of drug-likeness (QED) is 0.466. The van der Waals surface area contributed by atoms with Gasteiger partial charge < -0.3 is 11.1 Å². The molecule has 2 aliphatic heterocycles. The fraction of sp³-hybridized carbons (Fsp3) is 0.357. The molecule has 188 valence electrons. The van der Waals surface area contributed by atoms with Crippen molar-refractivity contribution in [3.8, 4) is 22.3 Å². The van der Waals surface area contributed by atoms with E-state index >= 15 is 4.39 Å². The summed E-state index contributed by atoms with van der Waals surface area (Å²) in [5.41, 5.74) is 13.6. The summed E-state index contributed by atoms with van der Waals surface area (Å²) in [4.78, 5) is 18.3. The Bertz CT molecular complexity index is 1320. The lowest BCUT2D eigenvalue weighted by atomic mass is 9.90. The summed E-state index contributed by atoms with van der Waals surface area (Å²) >= 11 is 0. The maximum atomic E-state index is 15.1. The van der Waals surface area contributed by atoms with E-state index in [-0.39, 0.29) is 18.1 Å². The number of hydrogen-bond acceptors (Lipinski definition) is 4. The lowest BCUT2D eigenvalue weighted by molar-refractivity contribution is 0.0946. The number of anilines is 1. The van der Waals surface area contributed by atoms with Gasteiger partial charge in [-0.15, -0.1) is 0 Å². The Balaban J connectivity index is 1.48. The number of amides is 1. The van der Waals surface area contributed by atoms with E-state index in [2.05, 4.69) is 15.2 Å². The lowest BCUT2D eigenvalue weighted by Crippen LogP contribution is -2.32. The van der Waals surface area contributed by atoms with Crippen LogP contribution in [-0.2, 0) is 19.4 Å². The number of aryl methyl sites for hydroxylation is 1. The van der Waals surface area contributed by atoms with E-state index in [9.17, 15) is 13.6 Å². The Morgan fingerprint density at radius 2 is 1.86 bits per heavy atom. The van der Waals surface area contributed by atoms with Crippen molar-refractivity contribution in [1.29, 1.82) is 0 Å². The van der Waals surface area contributed by atoms with E-state index in [1.165, 1.54) is 5.56 Å². The van der Waals surface area contributed by atoms with Gasteiger partial charge >= 0.3 is 0 Å². The Morgan fingerprint density at radius 3 is 2.67 bits per heavy atom. The van der Waals surface area contributed by atoms with Crippen LogP contribution in [0.15, 0.2) is 36.4 Å². The number of benzene rings is 2. The minimum Gasteiger partial charge on any atom is -0.383 e. The highest BCUT2D eigenvalue weighted by Gasteiger charge is 2.22. The van der Waals surface area contributed by atoms with Gasteiger partial charge in [0.15, 0.2) is 0 Å². The highest BCUT2D eigenvalue weighted by Crippen LogP contribution is 2.35. The Labute approximate surface area is 208 Å². The Morgan fingerprint density at radius 1 is 1.06 bits per heavy atom. The van der Waals surface area contributed by atoms with Crippen LogP contribution in [0, 0.1) is 12.9 Å². The number of rotatable bonds is 6. The third-order valence-corrected chi connectivity index (χ3v) is 7.19. The van der Waals surface area contributed by atoms with Crippen LogP contribution in [0.25, 0.3) is 22.3 Å². The molecule has 1 aromatic heterocycles. The van der Waals surface area contributed by atoms with Gasteiger partial charge in [0.1, 0.15) is 5.82 Å². The Hall–Kier alpha value is -3.39. The molecule has 0 unspecified atom stereocenters. The molecule has 2 aliphatic rings. The standard InChI is InChI=1S/C28H29F3N4O/c1-16-11-19(13-20-15-35(10-7-21(16)20)9-2-3-25(29)30)23-14-24(27(32)34-26(23)31)17-4-5-22-18(12-17)6-8-33-28(22)36/h4-5,11-14,25H,2-3,6-10,15H2,1H3,(H2,32,34)(H,33,36). The van der Waals surface area contributed by atoms with Gasteiger partial charge in [0.2, 0.25) is 12.4 Å². The fourth-order valence-electron chi connectivity index (χ4n) is 5.33. The van der Waals surface area contributed by atoms with Gasteiger partial charge in [-0.1, -0.05) is 18.2 Å². The number of fused-ring (bicyclic) bond motifs is 2. The molecule has 3 aromatic rings. The maximum Gasteiger partial charge on any atom is 0.251 e. The molecular formula is C28H29F3N4O. The molecule has 0 radical (unpaired) electrons. The van der Waals surface area contributed by atoms with Crippen LogP contribution < -0.4 is 11.1 Å². The normalized spacial score (nSPS) is 15.5. The summed E-state index contributed by atoms with van der Waals surface area (Å²) in [5.74, 6) is -0.643. The van der Waals surface area contributed by atoms with Crippen LogP contribution in [0.5, 0.6) is 0 Å². The summed E-state index contributed by atoms with van der Waals surface area (Å²) < 4.78 is 40.2. The molecule has 0 saturated heterocycles. The van der Waals surface area contributed by atoms with E-state index in [1.807, 2.05) is 31.2 Å². The fourth-order valence-corrected chi connectivity index (χ4v) is 5.33. The highest BCUT2D eigenvalue weighted by atomic mass is 19.3. The first kappa shape index (κ1) is 24.3. The zero-order valence-electron chi connectivity index (χ0n) is 20.2. The lowest BCUT2D eigenvalue weighted by Gasteiger charge is -2.30. The van der Waals surface area contributed by atoms with Crippen LogP contribution in [0.3, 0.4) is 0 Å². The number of nitrogens with zero attached hydrogens (tertiary/aromatic N) is 2. The average molecular weight is 495 g/mol. The van der Waals surface area contributed by atoms with Crippen LogP contribution in [0.1, 0.15) is 45.5 Å². The van der Waals surface area contributed by atoms with E-state index in [1.54, 1.807) is 12.1 Å². The van der Waals surface area contributed by atoms with Crippen molar-refractivity contribution in [3.05, 3.63) is 70.2 Å².